The number of benzene rings is 1. The summed E-state index contributed by atoms with van der Waals surface area (Å²) in [4.78, 5) is 19.9. The normalized spacial score (nSPS) is 16.3. The van der Waals surface area contributed by atoms with Crippen molar-refractivity contribution in [2.75, 3.05) is 13.2 Å². The first-order valence-corrected chi connectivity index (χ1v) is 6.73. The van der Waals surface area contributed by atoms with Gasteiger partial charge in [0.1, 0.15) is 12.9 Å². The van der Waals surface area contributed by atoms with E-state index < -0.39 is 6.10 Å². The molecule has 0 saturated heterocycles. The molecule has 6 heteroatoms. The van der Waals surface area contributed by atoms with Crippen molar-refractivity contribution in [3.05, 3.63) is 48.5 Å². The Balaban J connectivity index is 1.50. The van der Waals surface area contributed by atoms with Crippen molar-refractivity contribution in [1.82, 2.24) is 15.3 Å². The molecule has 2 aromatic rings. The number of ether oxygens (including phenoxy) is 2. The summed E-state index contributed by atoms with van der Waals surface area (Å²) in [5.74, 6) is 1.09. The van der Waals surface area contributed by atoms with Crippen molar-refractivity contribution < 1.29 is 14.3 Å². The van der Waals surface area contributed by atoms with Crippen molar-refractivity contribution in [3.8, 4) is 11.5 Å². The van der Waals surface area contributed by atoms with E-state index in [1.54, 1.807) is 18.5 Å². The van der Waals surface area contributed by atoms with Gasteiger partial charge in [0.2, 0.25) is 6.10 Å². The van der Waals surface area contributed by atoms with Crippen molar-refractivity contribution in [2.24, 2.45) is 0 Å². The third kappa shape index (κ3) is 3.28. The van der Waals surface area contributed by atoms with E-state index in [0.29, 0.717) is 24.5 Å². The van der Waals surface area contributed by atoms with E-state index in [1.165, 1.54) is 6.33 Å². The Morgan fingerprint density at radius 3 is 2.81 bits per heavy atom. The van der Waals surface area contributed by atoms with Crippen LogP contribution in [0.3, 0.4) is 0 Å². The highest BCUT2D eigenvalue weighted by Crippen LogP contribution is 2.30. The van der Waals surface area contributed by atoms with Gasteiger partial charge in [0.25, 0.3) is 5.91 Å². The fraction of sp³-hybridized carbons (Fsp3) is 0.267. The monoisotopic (exact) mass is 285 g/mol. The quantitative estimate of drug-likeness (QED) is 0.906. The molecule has 0 saturated carbocycles. The summed E-state index contributed by atoms with van der Waals surface area (Å²) in [7, 11) is 0. The van der Waals surface area contributed by atoms with E-state index in [-0.39, 0.29) is 12.5 Å². The van der Waals surface area contributed by atoms with E-state index in [1.807, 2.05) is 18.2 Å². The Morgan fingerprint density at radius 1 is 1.24 bits per heavy atom. The Hall–Kier alpha value is -2.63. The SMILES string of the molecule is O=C(NCCc1cncnc1)C1COc2ccccc2O1. The lowest BCUT2D eigenvalue weighted by atomic mass is 10.2. The summed E-state index contributed by atoms with van der Waals surface area (Å²) in [6.07, 6.45) is 5.00. The van der Waals surface area contributed by atoms with Gasteiger partial charge in [-0.1, -0.05) is 12.1 Å². The van der Waals surface area contributed by atoms with Crippen molar-refractivity contribution in [2.45, 2.75) is 12.5 Å². The number of amides is 1. The minimum absolute atomic E-state index is 0.179. The van der Waals surface area contributed by atoms with Crippen LogP contribution in [0.1, 0.15) is 5.56 Å². The summed E-state index contributed by atoms with van der Waals surface area (Å²) < 4.78 is 11.2. The molecule has 3 rings (SSSR count). The third-order valence-corrected chi connectivity index (χ3v) is 3.13. The molecule has 0 aliphatic carbocycles. The maximum atomic E-state index is 12.1. The van der Waals surface area contributed by atoms with Gasteiger partial charge in [-0.3, -0.25) is 4.79 Å². The summed E-state index contributed by atoms with van der Waals surface area (Å²) in [5, 5.41) is 2.83. The molecule has 1 atom stereocenters. The molecule has 108 valence electrons. The fourth-order valence-electron chi connectivity index (χ4n) is 2.05. The minimum Gasteiger partial charge on any atom is -0.485 e. The van der Waals surface area contributed by atoms with Crippen LogP contribution in [0.2, 0.25) is 0 Å². The van der Waals surface area contributed by atoms with Crippen LogP contribution in [0.15, 0.2) is 43.0 Å². The van der Waals surface area contributed by atoms with Crippen LogP contribution >= 0.6 is 0 Å². The molecule has 21 heavy (non-hydrogen) atoms. The highest BCUT2D eigenvalue weighted by atomic mass is 16.6. The van der Waals surface area contributed by atoms with Gasteiger partial charge in [-0.2, -0.15) is 0 Å². The Bertz CT molecular complexity index is 619. The first-order chi connectivity index (χ1) is 10.3. The highest BCUT2D eigenvalue weighted by molar-refractivity contribution is 5.81. The molecule has 0 radical (unpaired) electrons. The van der Waals surface area contributed by atoms with Crippen LogP contribution in [0.5, 0.6) is 11.5 Å². The number of nitrogens with one attached hydrogen (secondary N) is 1. The highest BCUT2D eigenvalue weighted by Gasteiger charge is 2.26. The molecule has 6 nitrogen and oxygen atoms in total. The number of aromatic nitrogens is 2. The molecule has 1 amide bonds. The summed E-state index contributed by atoms with van der Waals surface area (Å²) in [6.45, 7) is 0.727. The standard InChI is InChI=1S/C15H15N3O3/c19-15(18-6-5-11-7-16-10-17-8-11)14-9-20-12-3-1-2-4-13(12)21-14/h1-4,7-8,10,14H,5-6,9H2,(H,18,19). The Kier molecular flexibility index (Phi) is 3.95. The number of nitrogens with zero attached hydrogens (tertiary/aromatic N) is 2. The summed E-state index contributed by atoms with van der Waals surface area (Å²) in [5.41, 5.74) is 0.976. The predicted octanol–water partition coefficient (Wildman–Crippen LogP) is 0.975. The largest absolute Gasteiger partial charge is 0.485 e. The number of fused-ring (bicyclic) bond motifs is 1. The van der Waals surface area contributed by atoms with Gasteiger partial charge in [0.15, 0.2) is 11.5 Å². The van der Waals surface area contributed by atoms with Gasteiger partial charge >= 0.3 is 0 Å². The molecule has 1 N–H and O–H groups in total. The number of carbonyl (C=O) groups excluding carboxylic acids is 1. The number of rotatable bonds is 4. The van der Waals surface area contributed by atoms with Crippen LogP contribution in [0.4, 0.5) is 0 Å². The molecule has 1 aromatic carbocycles. The van der Waals surface area contributed by atoms with Crippen LogP contribution in [-0.2, 0) is 11.2 Å². The maximum absolute atomic E-state index is 12.1. The number of hydrogen-bond donors (Lipinski definition) is 1. The molecule has 2 heterocycles. The summed E-state index contributed by atoms with van der Waals surface area (Å²) in [6, 6.07) is 7.32. The average Bonchev–Trinajstić information content (AvgIpc) is 2.55. The first-order valence-electron chi connectivity index (χ1n) is 6.73. The fourth-order valence-corrected chi connectivity index (χ4v) is 2.05. The van der Waals surface area contributed by atoms with Crippen molar-refractivity contribution >= 4 is 5.91 Å². The molecule has 1 aliphatic rings. The van der Waals surface area contributed by atoms with Gasteiger partial charge in [0, 0.05) is 18.9 Å². The van der Waals surface area contributed by atoms with Crippen LogP contribution < -0.4 is 14.8 Å². The average molecular weight is 285 g/mol. The Morgan fingerprint density at radius 2 is 2.00 bits per heavy atom. The van der Waals surface area contributed by atoms with Gasteiger partial charge in [-0.05, 0) is 24.1 Å². The number of para-hydroxylation sites is 2. The van der Waals surface area contributed by atoms with Crippen LogP contribution in [0.25, 0.3) is 0 Å². The van der Waals surface area contributed by atoms with Crippen LogP contribution in [-0.4, -0.2) is 35.1 Å². The van der Waals surface area contributed by atoms with Crippen molar-refractivity contribution in [3.63, 3.8) is 0 Å². The zero-order valence-corrected chi connectivity index (χ0v) is 11.4. The lowest BCUT2D eigenvalue weighted by Gasteiger charge is -2.25. The molecular weight excluding hydrogens is 270 g/mol. The van der Waals surface area contributed by atoms with Gasteiger partial charge in [-0.15, -0.1) is 0 Å². The second kappa shape index (κ2) is 6.21. The number of carbonyl (C=O) groups is 1. The van der Waals surface area contributed by atoms with E-state index >= 15 is 0 Å². The minimum atomic E-state index is -0.619. The van der Waals surface area contributed by atoms with E-state index in [2.05, 4.69) is 15.3 Å². The second-order valence-electron chi connectivity index (χ2n) is 4.65. The first kappa shape index (κ1) is 13.4. The zero-order valence-electron chi connectivity index (χ0n) is 11.4. The van der Waals surface area contributed by atoms with E-state index in [4.69, 9.17) is 9.47 Å². The predicted molar refractivity (Wildman–Crippen MR) is 75.1 cm³/mol. The van der Waals surface area contributed by atoms with E-state index in [9.17, 15) is 4.79 Å². The van der Waals surface area contributed by atoms with Gasteiger partial charge in [0.05, 0.1) is 0 Å². The lowest BCUT2D eigenvalue weighted by molar-refractivity contribution is -0.130. The Labute approximate surface area is 122 Å². The molecule has 0 spiro atoms. The second-order valence-corrected chi connectivity index (χ2v) is 4.65. The zero-order chi connectivity index (χ0) is 14.5. The smallest absolute Gasteiger partial charge is 0.264 e. The molecular formula is C15H15N3O3. The van der Waals surface area contributed by atoms with Crippen LogP contribution in [0, 0.1) is 0 Å². The number of hydrogen-bond acceptors (Lipinski definition) is 5. The molecule has 0 fully saturated rings. The molecule has 1 aliphatic heterocycles. The topological polar surface area (TPSA) is 73.3 Å². The van der Waals surface area contributed by atoms with Gasteiger partial charge < -0.3 is 14.8 Å². The van der Waals surface area contributed by atoms with E-state index in [0.717, 1.165) is 5.56 Å². The summed E-state index contributed by atoms with van der Waals surface area (Å²) >= 11 is 0. The molecule has 0 bridgehead atoms. The molecule has 1 aromatic heterocycles. The third-order valence-electron chi connectivity index (χ3n) is 3.13. The van der Waals surface area contributed by atoms with Crippen molar-refractivity contribution in [1.29, 1.82) is 0 Å². The maximum Gasteiger partial charge on any atom is 0.264 e. The van der Waals surface area contributed by atoms with Gasteiger partial charge in [-0.25, -0.2) is 9.97 Å². The lowest BCUT2D eigenvalue weighted by Crippen LogP contribution is -2.44. The molecule has 1 unspecified atom stereocenters.